The zero-order valence-corrected chi connectivity index (χ0v) is 14.7. The van der Waals surface area contributed by atoms with E-state index in [2.05, 4.69) is 10.3 Å². The number of hydrogen-bond donors (Lipinski definition) is 2. The smallest absolute Gasteiger partial charge is 0.322 e. The van der Waals surface area contributed by atoms with Crippen molar-refractivity contribution in [3.63, 3.8) is 0 Å². The molecule has 0 radical (unpaired) electrons. The van der Waals surface area contributed by atoms with Crippen LogP contribution in [0.3, 0.4) is 0 Å². The predicted molar refractivity (Wildman–Crippen MR) is 97.2 cm³/mol. The van der Waals surface area contributed by atoms with E-state index in [4.69, 9.17) is 0 Å². The summed E-state index contributed by atoms with van der Waals surface area (Å²) in [5.41, 5.74) is 3.20. The second-order valence-electron chi connectivity index (χ2n) is 7.32. The van der Waals surface area contributed by atoms with Crippen molar-refractivity contribution in [1.29, 1.82) is 0 Å². The first-order valence-electron chi connectivity index (χ1n) is 8.97. The monoisotopic (exact) mass is 355 g/mol. The summed E-state index contributed by atoms with van der Waals surface area (Å²) in [4.78, 5) is 18.5. The SMILES string of the molecule is Cc1ccc(NC(=O)N2C3CC(CO)CC2C3)cc1-c1cncc(F)c1. The molecular formula is C20H22FN3O2. The number of benzene rings is 1. The van der Waals surface area contributed by atoms with Gasteiger partial charge in [0.05, 0.1) is 6.20 Å². The highest BCUT2D eigenvalue weighted by molar-refractivity contribution is 5.91. The lowest BCUT2D eigenvalue weighted by molar-refractivity contribution is -0.0238. The summed E-state index contributed by atoms with van der Waals surface area (Å²) < 4.78 is 13.5. The van der Waals surface area contributed by atoms with E-state index in [0.29, 0.717) is 17.2 Å². The summed E-state index contributed by atoms with van der Waals surface area (Å²) in [5, 5.41) is 12.3. The Morgan fingerprint density at radius 2 is 2.04 bits per heavy atom. The van der Waals surface area contributed by atoms with Gasteiger partial charge < -0.3 is 15.3 Å². The van der Waals surface area contributed by atoms with Gasteiger partial charge in [-0.1, -0.05) is 6.07 Å². The Balaban J connectivity index is 1.51. The summed E-state index contributed by atoms with van der Waals surface area (Å²) in [7, 11) is 0. The summed E-state index contributed by atoms with van der Waals surface area (Å²) in [5.74, 6) is -0.0718. The molecule has 0 saturated carbocycles. The van der Waals surface area contributed by atoms with Gasteiger partial charge in [0.1, 0.15) is 5.82 Å². The van der Waals surface area contributed by atoms with Crippen LogP contribution in [0, 0.1) is 18.7 Å². The molecule has 2 bridgehead atoms. The molecule has 2 saturated heterocycles. The summed E-state index contributed by atoms with van der Waals surface area (Å²) >= 11 is 0. The van der Waals surface area contributed by atoms with E-state index in [1.165, 1.54) is 12.3 Å². The van der Waals surface area contributed by atoms with Crippen molar-refractivity contribution in [3.05, 3.63) is 48.0 Å². The number of urea groups is 1. The number of aromatic nitrogens is 1. The highest BCUT2D eigenvalue weighted by atomic mass is 19.1. The predicted octanol–water partition coefficient (Wildman–Crippen LogP) is 3.57. The number of aryl methyl sites for hydroxylation is 1. The molecule has 4 rings (SSSR count). The molecule has 0 aliphatic carbocycles. The van der Waals surface area contributed by atoms with Crippen LogP contribution in [0.4, 0.5) is 14.9 Å². The Morgan fingerprint density at radius 1 is 1.27 bits per heavy atom. The number of carbonyl (C=O) groups excluding carboxylic acids is 1. The second-order valence-corrected chi connectivity index (χ2v) is 7.32. The number of anilines is 1. The van der Waals surface area contributed by atoms with E-state index < -0.39 is 0 Å². The maximum Gasteiger partial charge on any atom is 0.322 e. The minimum Gasteiger partial charge on any atom is -0.396 e. The number of hydrogen-bond acceptors (Lipinski definition) is 3. The third-order valence-corrected chi connectivity index (χ3v) is 5.54. The van der Waals surface area contributed by atoms with E-state index in [-0.39, 0.29) is 30.5 Å². The third kappa shape index (κ3) is 3.05. The molecule has 2 aliphatic rings. The van der Waals surface area contributed by atoms with Crippen LogP contribution in [-0.2, 0) is 0 Å². The largest absolute Gasteiger partial charge is 0.396 e. The molecule has 6 heteroatoms. The van der Waals surface area contributed by atoms with Crippen LogP contribution in [0.1, 0.15) is 24.8 Å². The number of aliphatic hydroxyl groups is 1. The topological polar surface area (TPSA) is 65.5 Å². The van der Waals surface area contributed by atoms with Crippen molar-refractivity contribution in [1.82, 2.24) is 9.88 Å². The van der Waals surface area contributed by atoms with Crippen LogP contribution in [-0.4, -0.2) is 39.7 Å². The molecule has 2 aromatic rings. The number of nitrogens with one attached hydrogen (secondary N) is 1. The molecule has 1 aromatic carbocycles. The van der Waals surface area contributed by atoms with Gasteiger partial charge in [0.15, 0.2) is 0 Å². The molecule has 136 valence electrons. The van der Waals surface area contributed by atoms with E-state index >= 15 is 0 Å². The summed E-state index contributed by atoms with van der Waals surface area (Å²) in [6, 6.07) is 7.41. The molecule has 2 aliphatic heterocycles. The highest BCUT2D eigenvalue weighted by Gasteiger charge is 2.47. The average molecular weight is 355 g/mol. The minimum absolute atomic E-state index is 0.102. The van der Waals surface area contributed by atoms with Crippen LogP contribution >= 0.6 is 0 Å². The molecule has 5 nitrogen and oxygen atoms in total. The fourth-order valence-corrected chi connectivity index (χ4v) is 4.23. The second kappa shape index (κ2) is 6.68. The number of fused-ring (bicyclic) bond motifs is 2. The van der Waals surface area contributed by atoms with Crippen molar-refractivity contribution in [2.24, 2.45) is 5.92 Å². The van der Waals surface area contributed by atoms with Crippen LogP contribution in [0.2, 0.25) is 0 Å². The fourth-order valence-electron chi connectivity index (χ4n) is 4.23. The van der Waals surface area contributed by atoms with Crippen molar-refractivity contribution in [2.45, 2.75) is 38.3 Å². The summed E-state index contributed by atoms with van der Waals surface area (Å²) in [6.45, 7) is 2.14. The number of carbonyl (C=O) groups is 1. The van der Waals surface area contributed by atoms with Crippen LogP contribution in [0.15, 0.2) is 36.7 Å². The fraction of sp³-hybridized carbons (Fsp3) is 0.400. The maximum atomic E-state index is 13.5. The van der Waals surface area contributed by atoms with Crippen molar-refractivity contribution in [2.75, 3.05) is 11.9 Å². The highest BCUT2D eigenvalue weighted by Crippen LogP contribution is 2.41. The molecule has 2 unspecified atom stereocenters. The lowest BCUT2D eigenvalue weighted by atomic mass is 9.74. The van der Waals surface area contributed by atoms with Gasteiger partial charge >= 0.3 is 6.03 Å². The molecule has 2 fully saturated rings. The van der Waals surface area contributed by atoms with E-state index in [9.17, 15) is 14.3 Å². The lowest BCUT2D eigenvalue weighted by Gasteiger charge is -2.54. The van der Waals surface area contributed by atoms with Crippen LogP contribution in [0.5, 0.6) is 0 Å². The molecule has 2 amide bonds. The standard InChI is InChI=1S/C20H22FN3O2/c1-12-2-3-16(7-19(12)14-6-15(21)10-22-9-14)23-20(26)24-17-4-13(11-25)5-18(24)8-17/h2-3,6-7,9-10,13,17-18,25H,4-5,8,11H2,1H3,(H,23,26). The Morgan fingerprint density at radius 3 is 2.73 bits per heavy atom. The van der Waals surface area contributed by atoms with Gasteiger partial charge in [0.25, 0.3) is 0 Å². The Kier molecular flexibility index (Phi) is 4.36. The lowest BCUT2D eigenvalue weighted by Crippen LogP contribution is -2.64. The van der Waals surface area contributed by atoms with Crippen LogP contribution in [0.25, 0.3) is 11.1 Å². The van der Waals surface area contributed by atoms with Gasteiger partial charge in [0, 0.05) is 36.1 Å². The molecule has 0 spiro atoms. The van der Waals surface area contributed by atoms with Crippen LogP contribution < -0.4 is 5.32 Å². The van der Waals surface area contributed by atoms with E-state index in [1.54, 1.807) is 6.20 Å². The summed E-state index contributed by atoms with van der Waals surface area (Å²) in [6.07, 6.45) is 5.56. The zero-order valence-electron chi connectivity index (χ0n) is 14.7. The number of rotatable bonds is 3. The Hall–Kier alpha value is -2.47. The van der Waals surface area contributed by atoms with Gasteiger partial charge in [-0.15, -0.1) is 0 Å². The van der Waals surface area contributed by atoms with Gasteiger partial charge in [-0.3, -0.25) is 4.98 Å². The van der Waals surface area contributed by atoms with Crippen molar-refractivity contribution >= 4 is 11.7 Å². The molecule has 3 heterocycles. The normalized spacial score (nSPS) is 24.1. The molecule has 2 N–H and O–H groups in total. The number of pyridine rings is 1. The molecule has 2 atom stereocenters. The van der Waals surface area contributed by atoms with Gasteiger partial charge in [-0.25, -0.2) is 9.18 Å². The van der Waals surface area contributed by atoms with E-state index in [1.807, 2.05) is 30.0 Å². The molecule has 1 aromatic heterocycles. The maximum absolute atomic E-state index is 13.5. The van der Waals surface area contributed by atoms with Crippen molar-refractivity contribution in [3.8, 4) is 11.1 Å². The first kappa shape index (κ1) is 17.0. The number of halogens is 1. The number of piperidine rings is 1. The van der Waals surface area contributed by atoms with Gasteiger partial charge in [0.2, 0.25) is 0 Å². The Labute approximate surface area is 151 Å². The number of nitrogens with zero attached hydrogens (tertiary/aromatic N) is 2. The van der Waals surface area contributed by atoms with Gasteiger partial charge in [-0.05, 0) is 61.4 Å². The van der Waals surface area contributed by atoms with E-state index in [0.717, 1.165) is 30.4 Å². The average Bonchev–Trinajstić information content (AvgIpc) is 2.63. The van der Waals surface area contributed by atoms with Crippen molar-refractivity contribution < 1.29 is 14.3 Å². The first-order chi connectivity index (χ1) is 12.5. The number of amides is 2. The zero-order chi connectivity index (χ0) is 18.3. The molecule has 26 heavy (non-hydrogen) atoms. The van der Waals surface area contributed by atoms with Gasteiger partial charge in [-0.2, -0.15) is 0 Å². The molecular weight excluding hydrogens is 333 g/mol. The number of aliphatic hydroxyl groups excluding tert-OH is 1. The minimum atomic E-state index is -0.386. The first-order valence-corrected chi connectivity index (χ1v) is 8.97. The Bertz CT molecular complexity index is 830. The quantitative estimate of drug-likeness (QED) is 0.885. The third-order valence-electron chi connectivity index (χ3n) is 5.54.